The van der Waals surface area contributed by atoms with E-state index in [0.29, 0.717) is 17.2 Å². The van der Waals surface area contributed by atoms with Crippen LogP contribution in [0.4, 0.5) is 18.9 Å². The normalized spacial score (nSPS) is 15.9. The summed E-state index contributed by atoms with van der Waals surface area (Å²) in [7, 11) is -1.39. The van der Waals surface area contributed by atoms with E-state index in [1.807, 2.05) is 0 Å². The molecule has 1 aliphatic rings. The number of anilines is 1. The van der Waals surface area contributed by atoms with Crippen molar-refractivity contribution in [3.63, 3.8) is 0 Å². The first-order valence-electron chi connectivity index (χ1n) is 9.76. The third-order valence-corrected chi connectivity index (χ3v) is 7.21. The van der Waals surface area contributed by atoms with E-state index in [9.17, 15) is 26.4 Å². The molecule has 0 saturated carbocycles. The first-order chi connectivity index (χ1) is 15.1. The highest BCUT2D eigenvalue weighted by Gasteiger charge is 2.40. The van der Waals surface area contributed by atoms with Crippen molar-refractivity contribution in [2.75, 3.05) is 32.6 Å². The summed E-state index contributed by atoms with van der Waals surface area (Å²) in [4.78, 5) is 11.9. The van der Waals surface area contributed by atoms with Gasteiger partial charge in [0.25, 0.3) is 0 Å². The van der Waals surface area contributed by atoms with E-state index in [1.54, 1.807) is 18.2 Å². The van der Waals surface area contributed by atoms with Crippen LogP contribution in [0.3, 0.4) is 0 Å². The fourth-order valence-electron chi connectivity index (χ4n) is 3.55. The second-order valence-corrected chi connectivity index (χ2v) is 9.17. The average molecular weight is 472 g/mol. The summed E-state index contributed by atoms with van der Waals surface area (Å²) in [5.41, 5.74) is -0.743. The Bertz CT molecular complexity index is 1060. The van der Waals surface area contributed by atoms with Crippen molar-refractivity contribution in [3.05, 3.63) is 48.0 Å². The number of nitrogens with one attached hydrogen (secondary N) is 1. The first kappa shape index (κ1) is 23.9. The van der Waals surface area contributed by atoms with Crippen LogP contribution >= 0.6 is 0 Å². The van der Waals surface area contributed by atoms with E-state index in [0.717, 1.165) is 22.5 Å². The number of amides is 1. The van der Waals surface area contributed by atoms with E-state index >= 15 is 0 Å². The van der Waals surface area contributed by atoms with Crippen molar-refractivity contribution in [3.8, 4) is 11.5 Å². The number of piperidine rings is 1. The number of rotatable bonds is 6. The minimum atomic E-state index is -4.79. The van der Waals surface area contributed by atoms with Gasteiger partial charge in [-0.3, -0.25) is 4.79 Å². The summed E-state index contributed by atoms with van der Waals surface area (Å²) in [5, 5.41) is 2.76. The standard InChI is InChI=1S/C21H23F3N2O5S/c1-30-16-11-15(12-17(13-16)31-2)25-20(27)14-7-9-26(10-8-14)32(28,29)19-6-4-3-5-18(19)21(22,23)24/h3-6,11-14H,7-10H2,1-2H3,(H,25,27). The zero-order valence-electron chi connectivity index (χ0n) is 17.5. The third-order valence-electron chi connectivity index (χ3n) is 5.25. The molecule has 2 aromatic carbocycles. The maximum absolute atomic E-state index is 13.3. The van der Waals surface area contributed by atoms with Gasteiger partial charge in [-0.1, -0.05) is 12.1 Å². The van der Waals surface area contributed by atoms with Crippen LogP contribution in [0.5, 0.6) is 11.5 Å². The summed E-state index contributed by atoms with van der Waals surface area (Å²) >= 11 is 0. The number of sulfonamides is 1. The number of alkyl halides is 3. The molecule has 1 aliphatic heterocycles. The lowest BCUT2D eigenvalue weighted by Crippen LogP contribution is -2.41. The van der Waals surface area contributed by atoms with Gasteiger partial charge in [0.1, 0.15) is 11.5 Å². The first-order valence-corrected chi connectivity index (χ1v) is 11.2. The molecular formula is C21H23F3N2O5S. The number of carbonyl (C=O) groups excluding carboxylic acids is 1. The highest BCUT2D eigenvalue weighted by atomic mass is 32.2. The Balaban J connectivity index is 1.70. The minimum Gasteiger partial charge on any atom is -0.497 e. The highest BCUT2D eigenvalue weighted by Crippen LogP contribution is 2.36. The largest absolute Gasteiger partial charge is 0.497 e. The van der Waals surface area contributed by atoms with Crippen molar-refractivity contribution in [1.29, 1.82) is 0 Å². The number of benzene rings is 2. The number of nitrogens with zero attached hydrogens (tertiary/aromatic N) is 1. The molecule has 11 heteroatoms. The third kappa shape index (κ3) is 5.16. The van der Waals surface area contributed by atoms with Gasteiger partial charge >= 0.3 is 6.18 Å². The van der Waals surface area contributed by atoms with Gasteiger partial charge in [0.2, 0.25) is 15.9 Å². The zero-order valence-corrected chi connectivity index (χ0v) is 18.3. The maximum atomic E-state index is 13.3. The Morgan fingerprint density at radius 3 is 2.12 bits per heavy atom. The SMILES string of the molecule is COc1cc(NC(=O)C2CCN(S(=O)(=O)c3ccccc3C(F)(F)F)CC2)cc(OC)c1. The summed E-state index contributed by atoms with van der Waals surface area (Å²) in [5.74, 6) is 0.178. The van der Waals surface area contributed by atoms with Crippen LogP contribution in [-0.2, 0) is 21.0 Å². The molecule has 174 valence electrons. The van der Waals surface area contributed by atoms with E-state index in [2.05, 4.69) is 5.32 Å². The Hall–Kier alpha value is -2.79. The van der Waals surface area contributed by atoms with Crippen LogP contribution in [0.15, 0.2) is 47.4 Å². The van der Waals surface area contributed by atoms with E-state index in [4.69, 9.17) is 9.47 Å². The van der Waals surface area contributed by atoms with E-state index in [1.165, 1.54) is 20.3 Å². The molecule has 2 aromatic rings. The second-order valence-electron chi connectivity index (χ2n) is 7.26. The molecule has 32 heavy (non-hydrogen) atoms. The smallest absolute Gasteiger partial charge is 0.417 e. The molecule has 0 atom stereocenters. The molecule has 0 bridgehead atoms. The van der Waals surface area contributed by atoms with Crippen LogP contribution in [0.25, 0.3) is 0 Å². The maximum Gasteiger partial charge on any atom is 0.417 e. The van der Waals surface area contributed by atoms with Crippen LogP contribution in [0.2, 0.25) is 0 Å². The molecule has 7 nitrogen and oxygen atoms in total. The zero-order chi connectivity index (χ0) is 23.5. The van der Waals surface area contributed by atoms with Gasteiger partial charge in [-0.2, -0.15) is 17.5 Å². The molecule has 1 amide bonds. The van der Waals surface area contributed by atoms with Gasteiger partial charge in [-0.25, -0.2) is 8.42 Å². The fraction of sp³-hybridized carbons (Fsp3) is 0.381. The number of ether oxygens (including phenoxy) is 2. The summed E-state index contributed by atoms with van der Waals surface area (Å²) < 4.78 is 76.9. The van der Waals surface area contributed by atoms with Crippen molar-refractivity contribution in [2.45, 2.75) is 23.9 Å². The lowest BCUT2D eigenvalue weighted by atomic mass is 9.97. The Morgan fingerprint density at radius 1 is 1.03 bits per heavy atom. The molecule has 1 heterocycles. The lowest BCUT2D eigenvalue weighted by molar-refractivity contribution is -0.139. The molecule has 0 unspecified atom stereocenters. The van der Waals surface area contributed by atoms with E-state index in [-0.39, 0.29) is 31.8 Å². The monoisotopic (exact) mass is 472 g/mol. The van der Waals surface area contributed by atoms with Crippen LogP contribution in [-0.4, -0.2) is 45.9 Å². The highest BCUT2D eigenvalue weighted by molar-refractivity contribution is 7.89. The topological polar surface area (TPSA) is 84.9 Å². The van der Waals surface area contributed by atoms with Crippen molar-refractivity contribution < 1.29 is 35.9 Å². The van der Waals surface area contributed by atoms with Gasteiger partial charge in [0.05, 0.1) is 24.7 Å². The van der Waals surface area contributed by atoms with Crippen LogP contribution < -0.4 is 14.8 Å². The molecular weight excluding hydrogens is 449 g/mol. The molecule has 1 fully saturated rings. The predicted octanol–water partition coefficient (Wildman–Crippen LogP) is 3.76. The predicted molar refractivity (Wildman–Crippen MR) is 111 cm³/mol. The van der Waals surface area contributed by atoms with Crippen molar-refractivity contribution >= 4 is 21.6 Å². The molecule has 3 rings (SSSR count). The average Bonchev–Trinajstić information content (AvgIpc) is 2.78. The molecule has 0 spiro atoms. The van der Waals surface area contributed by atoms with Crippen molar-refractivity contribution in [2.24, 2.45) is 5.92 Å². The van der Waals surface area contributed by atoms with Gasteiger partial charge in [-0.05, 0) is 25.0 Å². The summed E-state index contributed by atoms with van der Waals surface area (Å²) in [6.45, 7) is -0.123. The van der Waals surface area contributed by atoms with Crippen LogP contribution in [0, 0.1) is 5.92 Å². The van der Waals surface area contributed by atoms with Gasteiger partial charge in [-0.15, -0.1) is 0 Å². The molecule has 1 saturated heterocycles. The summed E-state index contributed by atoms with van der Waals surface area (Å²) in [6.07, 6.45) is -4.43. The quantitative estimate of drug-likeness (QED) is 0.692. The Morgan fingerprint density at radius 2 is 1.59 bits per heavy atom. The van der Waals surface area contributed by atoms with Gasteiger partial charge in [0.15, 0.2) is 0 Å². The number of halogens is 3. The van der Waals surface area contributed by atoms with Crippen LogP contribution in [0.1, 0.15) is 18.4 Å². The number of hydrogen-bond acceptors (Lipinski definition) is 5. The van der Waals surface area contributed by atoms with E-state index < -0.39 is 32.6 Å². The summed E-state index contributed by atoms with van der Waals surface area (Å²) in [6, 6.07) is 8.99. The van der Waals surface area contributed by atoms with Crippen molar-refractivity contribution in [1.82, 2.24) is 4.31 Å². The number of carbonyl (C=O) groups is 1. The minimum absolute atomic E-state index is 0.0615. The number of methoxy groups -OCH3 is 2. The Labute approximate surface area is 184 Å². The molecule has 0 radical (unpaired) electrons. The van der Waals surface area contributed by atoms with Gasteiger partial charge < -0.3 is 14.8 Å². The second kappa shape index (κ2) is 9.37. The lowest BCUT2D eigenvalue weighted by Gasteiger charge is -2.31. The molecule has 0 aliphatic carbocycles. The number of hydrogen-bond donors (Lipinski definition) is 1. The van der Waals surface area contributed by atoms with Gasteiger partial charge in [0, 0.05) is 42.9 Å². The molecule has 1 N–H and O–H groups in total. The molecule has 0 aromatic heterocycles. The fourth-order valence-corrected chi connectivity index (χ4v) is 5.23. The Kier molecular flexibility index (Phi) is 6.99.